The van der Waals surface area contributed by atoms with Gasteiger partial charge >= 0.3 is 5.97 Å². The highest BCUT2D eigenvalue weighted by atomic mass is 32.2. The van der Waals surface area contributed by atoms with Crippen molar-refractivity contribution in [2.75, 3.05) is 6.61 Å². The Bertz CT molecular complexity index is 999. The normalized spacial score (nSPS) is 12.1. The molecule has 1 unspecified atom stereocenters. The molecule has 0 saturated heterocycles. The first-order valence-electron chi connectivity index (χ1n) is 8.68. The lowest BCUT2D eigenvalue weighted by Crippen LogP contribution is -2.27. The number of esters is 1. The molecular formula is C20H21N3O3S. The molecule has 7 heteroatoms. The first-order chi connectivity index (χ1) is 12.9. The fourth-order valence-electron chi connectivity index (χ4n) is 2.87. The summed E-state index contributed by atoms with van der Waals surface area (Å²) in [6.45, 7) is 7.15. The molecule has 0 N–H and O–H groups in total. The van der Waals surface area contributed by atoms with Crippen LogP contribution in [0, 0.1) is 13.8 Å². The van der Waals surface area contributed by atoms with Gasteiger partial charge in [0, 0.05) is 11.3 Å². The highest BCUT2D eigenvalue weighted by Gasteiger charge is 2.28. The zero-order valence-corrected chi connectivity index (χ0v) is 16.5. The van der Waals surface area contributed by atoms with Crippen LogP contribution in [0.5, 0.6) is 0 Å². The molecule has 2 aromatic heterocycles. The fourth-order valence-corrected chi connectivity index (χ4v) is 3.91. The Morgan fingerprint density at radius 2 is 1.93 bits per heavy atom. The van der Waals surface area contributed by atoms with Gasteiger partial charge in [-0.05, 0) is 39.3 Å². The predicted octanol–water partition coefficient (Wildman–Crippen LogP) is 3.63. The van der Waals surface area contributed by atoms with E-state index in [9.17, 15) is 9.59 Å². The van der Waals surface area contributed by atoms with Gasteiger partial charge in [-0.2, -0.15) is 5.10 Å². The maximum absolute atomic E-state index is 12.2. The minimum Gasteiger partial charge on any atom is -0.465 e. The van der Waals surface area contributed by atoms with E-state index in [2.05, 4.69) is 10.1 Å². The van der Waals surface area contributed by atoms with Gasteiger partial charge in [0.25, 0.3) is 0 Å². The molecule has 0 aliphatic heterocycles. The third kappa shape index (κ3) is 3.88. The average molecular weight is 383 g/mol. The second-order valence-corrected chi connectivity index (χ2v) is 7.28. The van der Waals surface area contributed by atoms with Crippen molar-refractivity contribution in [1.82, 2.24) is 14.6 Å². The number of Topliss-reactive ketones (excluding diaryl/α,β-unsaturated/α-hetero) is 1. The van der Waals surface area contributed by atoms with Crippen LogP contribution in [0.1, 0.15) is 25.2 Å². The first kappa shape index (κ1) is 19.1. The van der Waals surface area contributed by atoms with Crippen molar-refractivity contribution in [3.63, 3.8) is 0 Å². The van der Waals surface area contributed by atoms with E-state index < -0.39 is 11.2 Å². The summed E-state index contributed by atoms with van der Waals surface area (Å²) in [6.07, 6.45) is 0. The van der Waals surface area contributed by atoms with Gasteiger partial charge < -0.3 is 4.74 Å². The maximum atomic E-state index is 12.2. The number of aromatic nitrogens is 3. The van der Waals surface area contributed by atoms with Crippen molar-refractivity contribution in [2.45, 2.75) is 38.0 Å². The summed E-state index contributed by atoms with van der Waals surface area (Å²) in [5, 5.41) is 4.36. The smallest absolute Gasteiger partial charge is 0.327 e. The monoisotopic (exact) mass is 383 g/mol. The number of carbonyl (C=O) groups is 2. The third-order valence-electron chi connectivity index (χ3n) is 4.03. The van der Waals surface area contributed by atoms with Crippen LogP contribution >= 0.6 is 11.8 Å². The number of thioether (sulfide) groups is 1. The topological polar surface area (TPSA) is 73.6 Å². The van der Waals surface area contributed by atoms with Crippen LogP contribution in [0.25, 0.3) is 16.8 Å². The van der Waals surface area contributed by atoms with E-state index in [0.29, 0.717) is 10.7 Å². The van der Waals surface area contributed by atoms with Gasteiger partial charge in [-0.1, -0.05) is 42.1 Å². The molecule has 3 aromatic rings. The average Bonchev–Trinajstić information content (AvgIpc) is 2.96. The molecule has 0 amide bonds. The summed E-state index contributed by atoms with van der Waals surface area (Å²) >= 11 is 1.14. The summed E-state index contributed by atoms with van der Waals surface area (Å²) in [7, 11) is 0. The number of ketones is 1. The summed E-state index contributed by atoms with van der Waals surface area (Å²) in [5.74, 6) is -0.794. The Morgan fingerprint density at radius 3 is 2.56 bits per heavy atom. The van der Waals surface area contributed by atoms with Crippen molar-refractivity contribution >= 4 is 29.2 Å². The van der Waals surface area contributed by atoms with Gasteiger partial charge in [-0.15, -0.1) is 0 Å². The van der Waals surface area contributed by atoms with Gasteiger partial charge in [-0.25, -0.2) is 9.50 Å². The largest absolute Gasteiger partial charge is 0.465 e. The molecule has 27 heavy (non-hydrogen) atoms. The molecular weight excluding hydrogens is 362 g/mol. The Morgan fingerprint density at radius 1 is 1.22 bits per heavy atom. The van der Waals surface area contributed by atoms with E-state index in [0.717, 1.165) is 34.3 Å². The standard InChI is InChI=1S/C20H21N3O3S/c1-5-26-20(25)18(14(4)24)27-16-11-12(2)21-19-17(13(3)22-23(16)19)15-9-7-6-8-10-15/h6-11,18H,5H2,1-4H3. The van der Waals surface area contributed by atoms with Gasteiger partial charge in [0.15, 0.2) is 16.7 Å². The van der Waals surface area contributed by atoms with Crippen molar-refractivity contribution in [3.8, 4) is 11.1 Å². The predicted molar refractivity (Wildman–Crippen MR) is 105 cm³/mol. The van der Waals surface area contributed by atoms with Crippen molar-refractivity contribution in [1.29, 1.82) is 0 Å². The summed E-state index contributed by atoms with van der Waals surface area (Å²) < 4.78 is 6.75. The SMILES string of the molecule is CCOC(=O)C(Sc1cc(C)nc2c(-c3ccccc3)c(C)nn12)C(C)=O. The lowest BCUT2D eigenvalue weighted by Gasteiger charge is -2.13. The molecule has 0 spiro atoms. The Balaban J connectivity index is 2.12. The number of carbonyl (C=O) groups excluding carboxylic acids is 2. The van der Waals surface area contributed by atoms with Gasteiger partial charge in [-0.3, -0.25) is 9.59 Å². The highest BCUT2D eigenvalue weighted by Crippen LogP contribution is 2.32. The molecule has 1 atom stereocenters. The van der Waals surface area contributed by atoms with Crippen LogP contribution in [0.15, 0.2) is 41.4 Å². The summed E-state index contributed by atoms with van der Waals surface area (Å²) in [4.78, 5) is 28.9. The molecule has 3 rings (SSSR count). The third-order valence-corrected chi connectivity index (χ3v) is 5.32. The van der Waals surface area contributed by atoms with Crippen LogP contribution in [0.3, 0.4) is 0 Å². The van der Waals surface area contributed by atoms with Crippen LogP contribution in [-0.4, -0.2) is 38.2 Å². The van der Waals surface area contributed by atoms with E-state index in [1.807, 2.05) is 50.2 Å². The molecule has 0 aliphatic carbocycles. The van der Waals surface area contributed by atoms with Crippen LogP contribution < -0.4 is 0 Å². The van der Waals surface area contributed by atoms with E-state index in [4.69, 9.17) is 4.74 Å². The number of hydrogen-bond donors (Lipinski definition) is 0. The van der Waals surface area contributed by atoms with Crippen molar-refractivity contribution in [2.24, 2.45) is 0 Å². The number of rotatable bonds is 6. The fraction of sp³-hybridized carbons (Fsp3) is 0.300. The van der Waals surface area contributed by atoms with Gasteiger partial charge in [0.2, 0.25) is 0 Å². The molecule has 1 aromatic carbocycles. The van der Waals surface area contributed by atoms with E-state index in [1.54, 1.807) is 11.4 Å². The Hall–Kier alpha value is -2.67. The van der Waals surface area contributed by atoms with Crippen molar-refractivity contribution < 1.29 is 14.3 Å². The van der Waals surface area contributed by atoms with E-state index >= 15 is 0 Å². The molecule has 0 aliphatic rings. The Kier molecular flexibility index (Phi) is 5.60. The lowest BCUT2D eigenvalue weighted by atomic mass is 10.1. The molecule has 0 fully saturated rings. The molecule has 0 bridgehead atoms. The molecule has 0 saturated carbocycles. The molecule has 6 nitrogen and oxygen atoms in total. The first-order valence-corrected chi connectivity index (χ1v) is 9.56. The number of fused-ring (bicyclic) bond motifs is 1. The quantitative estimate of drug-likeness (QED) is 0.280. The van der Waals surface area contributed by atoms with Crippen molar-refractivity contribution in [3.05, 3.63) is 47.8 Å². The van der Waals surface area contributed by atoms with E-state index in [1.165, 1.54) is 6.92 Å². The zero-order chi connectivity index (χ0) is 19.6. The number of benzene rings is 1. The summed E-state index contributed by atoms with van der Waals surface area (Å²) in [6, 6.07) is 11.7. The lowest BCUT2D eigenvalue weighted by molar-refractivity contribution is -0.144. The second-order valence-electron chi connectivity index (χ2n) is 6.16. The van der Waals surface area contributed by atoms with E-state index in [-0.39, 0.29) is 12.4 Å². The minimum atomic E-state index is -0.931. The second kappa shape index (κ2) is 7.92. The number of ether oxygens (including phenoxy) is 1. The maximum Gasteiger partial charge on any atom is 0.327 e. The number of hydrogen-bond acceptors (Lipinski definition) is 6. The molecule has 2 heterocycles. The van der Waals surface area contributed by atoms with Crippen LogP contribution in [0.2, 0.25) is 0 Å². The highest BCUT2D eigenvalue weighted by molar-refractivity contribution is 8.01. The van der Waals surface area contributed by atoms with Gasteiger partial charge in [0.1, 0.15) is 5.03 Å². The van der Waals surface area contributed by atoms with Gasteiger partial charge in [0.05, 0.1) is 12.3 Å². The minimum absolute atomic E-state index is 0.229. The van der Waals surface area contributed by atoms with Crippen LogP contribution in [0.4, 0.5) is 0 Å². The van der Waals surface area contributed by atoms with Crippen LogP contribution in [-0.2, 0) is 14.3 Å². The zero-order valence-electron chi connectivity index (χ0n) is 15.7. The molecule has 0 radical (unpaired) electrons. The summed E-state index contributed by atoms with van der Waals surface area (Å²) in [5.41, 5.74) is 4.28. The molecule has 140 valence electrons. The number of nitrogens with zero attached hydrogens (tertiary/aromatic N) is 3. The number of aryl methyl sites for hydroxylation is 2. The Labute approximate surface area is 161 Å².